The van der Waals surface area contributed by atoms with E-state index >= 15 is 0 Å². The Labute approximate surface area is 92.3 Å². The van der Waals surface area contributed by atoms with Crippen LogP contribution < -0.4 is 5.73 Å². The van der Waals surface area contributed by atoms with E-state index in [-0.39, 0.29) is 0 Å². The van der Waals surface area contributed by atoms with Gasteiger partial charge in [-0.3, -0.25) is 4.98 Å². The summed E-state index contributed by atoms with van der Waals surface area (Å²) >= 11 is 0. The van der Waals surface area contributed by atoms with E-state index in [0.717, 1.165) is 39.0 Å². The van der Waals surface area contributed by atoms with Gasteiger partial charge in [-0.1, -0.05) is 13.0 Å². The molecule has 3 heteroatoms. The Hall–Kier alpha value is -0.930. The van der Waals surface area contributed by atoms with Crippen LogP contribution in [-0.4, -0.2) is 36.1 Å². The Morgan fingerprint density at radius 2 is 2.20 bits per heavy atom. The van der Waals surface area contributed by atoms with Crippen molar-refractivity contribution < 1.29 is 0 Å². The molecule has 1 aromatic heterocycles. The van der Waals surface area contributed by atoms with Gasteiger partial charge < -0.3 is 10.6 Å². The van der Waals surface area contributed by atoms with Crippen LogP contribution in [0.4, 0.5) is 0 Å². The first-order valence-corrected chi connectivity index (χ1v) is 5.69. The van der Waals surface area contributed by atoms with Crippen LogP contribution in [0.5, 0.6) is 0 Å². The van der Waals surface area contributed by atoms with Crippen LogP contribution in [0.1, 0.15) is 19.0 Å². The monoisotopic (exact) mass is 207 g/mol. The number of nitrogens with zero attached hydrogens (tertiary/aromatic N) is 2. The summed E-state index contributed by atoms with van der Waals surface area (Å²) in [4.78, 5) is 6.73. The fourth-order valence-corrected chi connectivity index (χ4v) is 1.56. The van der Waals surface area contributed by atoms with Gasteiger partial charge in [-0.25, -0.2) is 0 Å². The van der Waals surface area contributed by atoms with E-state index < -0.39 is 0 Å². The van der Waals surface area contributed by atoms with E-state index in [0.29, 0.717) is 0 Å². The second-order valence-corrected chi connectivity index (χ2v) is 3.65. The largest absolute Gasteiger partial charge is 0.330 e. The summed E-state index contributed by atoms with van der Waals surface area (Å²) in [6.45, 7) is 6.23. The number of aromatic nitrogens is 1. The molecule has 0 aromatic carbocycles. The van der Waals surface area contributed by atoms with E-state index in [4.69, 9.17) is 5.73 Å². The number of hydrogen-bond acceptors (Lipinski definition) is 3. The Morgan fingerprint density at radius 3 is 2.80 bits per heavy atom. The lowest BCUT2D eigenvalue weighted by Crippen LogP contribution is -2.28. The van der Waals surface area contributed by atoms with Gasteiger partial charge in [-0.05, 0) is 38.2 Å². The predicted molar refractivity (Wildman–Crippen MR) is 63.7 cm³/mol. The topological polar surface area (TPSA) is 42.1 Å². The van der Waals surface area contributed by atoms with Gasteiger partial charge in [0.15, 0.2) is 0 Å². The maximum Gasteiger partial charge on any atom is 0.0416 e. The minimum atomic E-state index is 0.778. The molecule has 0 amide bonds. The van der Waals surface area contributed by atoms with Crippen molar-refractivity contribution in [3.05, 3.63) is 30.1 Å². The standard InChI is InChI=1S/C12H21N3/c1-2-15(10-5-8-13)11-7-12-6-3-4-9-14-12/h3-4,6,9H,2,5,7-8,10-11,13H2,1H3. The molecule has 0 aliphatic rings. The normalized spacial score (nSPS) is 10.9. The molecule has 0 saturated heterocycles. The molecule has 15 heavy (non-hydrogen) atoms. The van der Waals surface area contributed by atoms with Gasteiger partial charge in [0.1, 0.15) is 0 Å². The second kappa shape index (κ2) is 7.37. The Bertz CT molecular complexity index is 248. The summed E-state index contributed by atoms with van der Waals surface area (Å²) in [5.74, 6) is 0. The van der Waals surface area contributed by atoms with Crippen molar-refractivity contribution >= 4 is 0 Å². The molecule has 0 unspecified atom stereocenters. The minimum absolute atomic E-state index is 0.778. The molecule has 3 nitrogen and oxygen atoms in total. The lowest BCUT2D eigenvalue weighted by atomic mass is 10.2. The van der Waals surface area contributed by atoms with Gasteiger partial charge in [-0.2, -0.15) is 0 Å². The Balaban J connectivity index is 2.28. The van der Waals surface area contributed by atoms with Crippen molar-refractivity contribution in [2.24, 2.45) is 5.73 Å². The summed E-state index contributed by atoms with van der Waals surface area (Å²) in [5, 5.41) is 0. The average Bonchev–Trinajstić information content (AvgIpc) is 2.31. The zero-order chi connectivity index (χ0) is 10.9. The van der Waals surface area contributed by atoms with Gasteiger partial charge in [0, 0.05) is 24.9 Å². The number of likely N-dealkylation sites (N-methyl/N-ethyl adjacent to an activating group) is 1. The number of hydrogen-bond donors (Lipinski definition) is 1. The number of nitrogens with two attached hydrogens (primary N) is 1. The summed E-state index contributed by atoms with van der Waals surface area (Å²) in [6.07, 6.45) is 3.96. The van der Waals surface area contributed by atoms with Gasteiger partial charge in [0.05, 0.1) is 0 Å². The molecule has 84 valence electrons. The molecule has 0 saturated carbocycles. The quantitative estimate of drug-likeness (QED) is 0.732. The van der Waals surface area contributed by atoms with Crippen LogP contribution in [0, 0.1) is 0 Å². The molecule has 1 rings (SSSR count). The molecular weight excluding hydrogens is 186 g/mol. The molecule has 0 aliphatic carbocycles. The van der Waals surface area contributed by atoms with Crippen LogP contribution in [-0.2, 0) is 6.42 Å². The van der Waals surface area contributed by atoms with E-state index in [1.54, 1.807) is 0 Å². The second-order valence-electron chi connectivity index (χ2n) is 3.65. The zero-order valence-corrected chi connectivity index (χ0v) is 9.52. The molecule has 1 heterocycles. The summed E-state index contributed by atoms with van der Waals surface area (Å²) < 4.78 is 0. The predicted octanol–water partition coefficient (Wildman–Crippen LogP) is 1.29. The highest BCUT2D eigenvalue weighted by atomic mass is 15.1. The maximum atomic E-state index is 5.50. The molecule has 1 aromatic rings. The van der Waals surface area contributed by atoms with E-state index in [2.05, 4.69) is 22.9 Å². The summed E-state index contributed by atoms with van der Waals surface area (Å²) in [7, 11) is 0. The molecular formula is C12H21N3. The fourth-order valence-electron chi connectivity index (χ4n) is 1.56. The Kier molecular flexibility index (Phi) is 5.97. The molecule has 0 bridgehead atoms. The number of pyridine rings is 1. The molecule has 0 spiro atoms. The first-order valence-electron chi connectivity index (χ1n) is 5.69. The third-order valence-electron chi connectivity index (χ3n) is 2.54. The van der Waals surface area contributed by atoms with Crippen LogP contribution >= 0.6 is 0 Å². The lowest BCUT2D eigenvalue weighted by molar-refractivity contribution is 0.289. The van der Waals surface area contributed by atoms with Crippen molar-refractivity contribution in [2.75, 3.05) is 26.2 Å². The van der Waals surface area contributed by atoms with Crippen LogP contribution in [0.25, 0.3) is 0 Å². The molecule has 0 fully saturated rings. The Morgan fingerprint density at radius 1 is 1.33 bits per heavy atom. The maximum absolute atomic E-state index is 5.50. The highest BCUT2D eigenvalue weighted by Crippen LogP contribution is 1.98. The van der Waals surface area contributed by atoms with Gasteiger partial charge in [0.25, 0.3) is 0 Å². The van der Waals surface area contributed by atoms with E-state index in [1.807, 2.05) is 18.3 Å². The van der Waals surface area contributed by atoms with Crippen LogP contribution in [0.15, 0.2) is 24.4 Å². The van der Waals surface area contributed by atoms with Crippen molar-refractivity contribution in [1.29, 1.82) is 0 Å². The molecule has 0 radical (unpaired) electrons. The summed E-state index contributed by atoms with van der Waals surface area (Å²) in [6, 6.07) is 6.07. The zero-order valence-electron chi connectivity index (χ0n) is 9.52. The smallest absolute Gasteiger partial charge is 0.0416 e. The van der Waals surface area contributed by atoms with Crippen LogP contribution in [0.3, 0.4) is 0 Å². The van der Waals surface area contributed by atoms with Crippen LogP contribution in [0.2, 0.25) is 0 Å². The fraction of sp³-hybridized carbons (Fsp3) is 0.583. The minimum Gasteiger partial charge on any atom is -0.330 e. The van der Waals surface area contributed by atoms with Gasteiger partial charge in [0.2, 0.25) is 0 Å². The van der Waals surface area contributed by atoms with E-state index in [1.165, 1.54) is 5.69 Å². The molecule has 0 aliphatic heterocycles. The highest BCUT2D eigenvalue weighted by Gasteiger charge is 2.02. The SMILES string of the molecule is CCN(CCCN)CCc1ccccn1. The van der Waals surface area contributed by atoms with Crippen molar-refractivity contribution in [2.45, 2.75) is 19.8 Å². The van der Waals surface area contributed by atoms with E-state index in [9.17, 15) is 0 Å². The third kappa shape index (κ3) is 4.91. The van der Waals surface area contributed by atoms with Gasteiger partial charge >= 0.3 is 0 Å². The molecule has 2 N–H and O–H groups in total. The first-order chi connectivity index (χ1) is 7.36. The first kappa shape index (κ1) is 12.1. The van der Waals surface area contributed by atoms with Crippen molar-refractivity contribution in [3.8, 4) is 0 Å². The van der Waals surface area contributed by atoms with Crippen molar-refractivity contribution in [3.63, 3.8) is 0 Å². The van der Waals surface area contributed by atoms with Gasteiger partial charge in [-0.15, -0.1) is 0 Å². The third-order valence-corrected chi connectivity index (χ3v) is 2.54. The molecule has 0 atom stereocenters. The summed E-state index contributed by atoms with van der Waals surface area (Å²) in [5.41, 5.74) is 6.67. The van der Waals surface area contributed by atoms with Crippen molar-refractivity contribution in [1.82, 2.24) is 9.88 Å². The number of rotatable bonds is 7. The highest BCUT2D eigenvalue weighted by molar-refractivity contribution is 5.03. The average molecular weight is 207 g/mol. The lowest BCUT2D eigenvalue weighted by Gasteiger charge is -2.19.